The summed E-state index contributed by atoms with van der Waals surface area (Å²) in [4.78, 5) is 18.6. The van der Waals surface area contributed by atoms with Gasteiger partial charge >= 0.3 is 6.03 Å². The zero-order chi connectivity index (χ0) is 20.9. The summed E-state index contributed by atoms with van der Waals surface area (Å²) in [6.07, 6.45) is 0.530. The van der Waals surface area contributed by atoms with Crippen LogP contribution in [0.15, 0.2) is 53.1 Å². The minimum absolute atomic E-state index is 0.0509. The molecule has 8 heteroatoms. The average molecular weight is 408 g/mol. The van der Waals surface area contributed by atoms with E-state index in [0.29, 0.717) is 37.8 Å². The molecule has 0 bridgehead atoms. The molecule has 1 N–H and O–H groups in total. The molecule has 0 aliphatic carbocycles. The number of methoxy groups -OCH3 is 1. The topological polar surface area (TPSA) is 89.7 Å². The molecule has 1 aromatic heterocycles. The Balaban J connectivity index is 1.29. The SMILES string of the molecule is CCOc1ccc(NC(=O)N2CC(c3nc(Cc4ccccc4OC)no3)C2)cc1. The number of carbonyl (C=O) groups is 1. The fourth-order valence-electron chi connectivity index (χ4n) is 3.33. The van der Waals surface area contributed by atoms with Crippen molar-refractivity contribution in [3.63, 3.8) is 0 Å². The van der Waals surface area contributed by atoms with Crippen LogP contribution in [-0.4, -0.2) is 47.9 Å². The van der Waals surface area contributed by atoms with Crippen molar-refractivity contribution >= 4 is 11.7 Å². The molecule has 4 rings (SSSR count). The molecular weight excluding hydrogens is 384 g/mol. The zero-order valence-corrected chi connectivity index (χ0v) is 17.0. The first-order chi connectivity index (χ1) is 14.7. The van der Waals surface area contributed by atoms with Gasteiger partial charge in [-0.1, -0.05) is 23.4 Å². The third-order valence-electron chi connectivity index (χ3n) is 4.96. The van der Waals surface area contributed by atoms with E-state index in [9.17, 15) is 4.79 Å². The van der Waals surface area contributed by atoms with Crippen LogP contribution in [0.2, 0.25) is 0 Å². The number of ether oxygens (including phenoxy) is 2. The molecule has 2 aromatic carbocycles. The van der Waals surface area contributed by atoms with Gasteiger partial charge in [-0.3, -0.25) is 0 Å². The van der Waals surface area contributed by atoms with Crippen molar-refractivity contribution < 1.29 is 18.8 Å². The molecule has 1 fully saturated rings. The summed E-state index contributed by atoms with van der Waals surface area (Å²) in [7, 11) is 1.64. The van der Waals surface area contributed by atoms with E-state index in [2.05, 4.69) is 15.5 Å². The van der Waals surface area contributed by atoms with Gasteiger partial charge in [0.05, 0.1) is 19.6 Å². The van der Waals surface area contributed by atoms with Crippen LogP contribution in [0.25, 0.3) is 0 Å². The van der Waals surface area contributed by atoms with Crippen LogP contribution >= 0.6 is 0 Å². The third-order valence-corrected chi connectivity index (χ3v) is 4.96. The maximum atomic E-state index is 12.4. The molecule has 1 saturated heterocycles. The number of aromatic nitrogens is 2. The van der Waals surface area contributed by atoms with Gasteiger partial charge in [-0.15, -0.1) is 0 Å². The highest BCUT2D eigenvalue weighted by Gasteiger charge is 2.35. The summed E-state index contributed by atoms with van der Waals surface area (Å²) >= 11 is 0. The van der Waals surface area contributed by atoms with Gasteiger partial charge in [-0.05, 0) is 37.3 Å². The van der Waals surface area contributed by atoms with E-state index < -0.39 is 0 Å². The number of hydrogen-bond donors (Lipinski definition) is 1. The minimum Gasteiger partial charge on any atom is -0.496 e. The van der Waals surface area contributed by atoms with E-state index >= 15 is 0 Å². The quantitative estimate of drug-likeness (QED) is 0.641. The Morgan fingerprint density at radius 1 is 1.20 bits per heavy atom. The van der Waals surface area contributed by atoms with Crippen LogP contribution in [0.3, 0.4) is 0 Å². The van der Waals surface area contributed by atoms with Crippen molar-refractivity contribution in [1.82, 2.24) is 15.0 Å². The molecular formula is C22H24N4O4. The van der Waals surface area contributed by atoms with Gasteiger partial charge < -0.3 is 24.2 Å². The second-order valence-corrected chi connectivity index (χ2v) is 7.03. The predicted octanol–water partition coefficient (Wildman–Crippen LogP) is 3.70. The van der Waals surface area contributed by atoms with Gasteiger partial charge in [0, 0.05) is 30.8 Å². The van der Waals surface area contributed by atoms with E-state index in [1.54, 1.807) is 12.0 Å². The largest absolute Gasteiger partial charge is 0.496 e. The number of para-hydroxylation sites is 1. The van der Waals surface area contributed by atoms with Crippen molar-refractivity contribution in [2.24, 2.45) is 0 Å². The van der Waals surface area contributed by atoms with Gasteiger partial charge in [-0.25, -0.2) is 4.79 Å². The number of hydrogen-bond acceptors (Lipinski definition) is 6. The monoisotopic (exact) mass is 408 g/mol. The van der Waals surface area contributed by atoms with Crippen molar-refractivity contribution in [1.29, 1.82) is 0 Å². The molecule has 2 amide bonds. The second-order valence-electron chi connectivity index (χ2n) is 7.03. The van der Waals surface area contributed by atoms with Crippen LogP contribution in [0.1, 0.15) is 30.1 Å². The number of likely N-dealkylation sites (tertiary alicyclic amines) is 1. The Labute approximate surface area is 174 Å². The average Bonchev–Trinajstić information content (AvgIpc) is 3.17. The Hall–Kier alpha value is -3.55. The van der Waals surface area contributed by atoms with Crippen LogP contribution in [0.4, 0.5) is 10.5 Å². The van der Waals surface area contributed by atoms with Crippen molar-refractivity contribution in [3.05, 3.63) is 65.8 Å². The summed E-state index contributed by atoms with van der Waals surface area (Å²) in [6, 6.07) is 14.9. The molecule has 1 aliphatic rings. The molecule has 156 valence electrons. The Kier molecular flexibility index (Phi) is 5.83. The molecule has 0 unspecified atom stereocenters. The molecule has 1 aliphatic heterocycles. The van der Waals surface area contributed by atoms with Gasteiger partial charge in [0.1, 0.15) is 11.5 Å². The number of amides is 2. The number of urea groups is 1. The number of nitrogens with one attached hydrogen (secondary N) is 1. The Morgan fingerprint density at radius 3 is 2.70 bits per heavy atom. The normalized spacial score (nSPS) is 13.6. The van der Waals surface area contributed by atoms with E-state index in [4.69, 9.17) is 14.0 Å². The highest BCUT2D eigenvalue weighted by molar-refractivity contribution is 5.90. The van der Waals surface area contributed by atoms with Crippen LogP contribution < -0.4 is 14.8 Å². The lowest BCUT2D eigenvalue weighted by Gasteiger charge is -2.36. The molecule has 3 aromatic rings. The predicted molar refractivity (Wildman–Crippen MR) is 111 cm³/mol. The molecule has 2 heterocycles. The summed E-state index contributed by atoms with van der Waals surface area (Å²) in [6.45, 7) is 3.62. The Morgan fingerprint density at radius 2 is 1.97 bits per heavy atom. The highest BCUT2D eigenvalue weighted by atomic mass is 16.5. The highest BCUT2D eigenvalue weighted by Crippen LogP contribution is 2.27. The third kappa shape index (κ3) is 4.37. The summed E-state index contributed by atoms with van der Waals surface area (Å²) in [5, 5.41) is 6.96. The molecule has 30 heavy (non-hydrogen) atoms. The first-order valence-corrected chi connectivity index (χ1v) is 9.89. The summed E-state index contributed by atoms with van der Waals surface area (Å²) < 4.78 is 16.2. The van der Waals surface area contributed by atoms with Gasteiger partial charge in [-0.2, -0.15) is 4.98 Å². The smallest absolute Gasteiger partial charge is 0.321 e. The van der Waals surface area contributed by atoms with Gasteiger partial charge in [0.2, 0.25) is 5.89 Å². The van der Waals surface area contributed by atoms with E-state index in [-0.39, 0.29) is 11.9 Å². The summed E-state index contributed by atoms with van der Waals surface area (Å²) in [5.74, 6) is 2.79. The number of anilines is 1. The van der Waals surface area contributed by atoms with E-state index in [0.717, 1.165) is 22.7 Å². The van der Waals surface area contributed by atoms with Crippen molar-refractivity contribution in [2.75, 3.05) is 32.1 Å². The second kappa shape index (κ2) is 8.86. The number of rotatable bonds is 7. The lowest BCUT2D eigenvalue weighted by Crippen LogP contribution is -2.50. The first kappa shape index (κ1) is 19.8. The first-order valence-electron chi connectivity index (χ1n) is 9.89. The van der Waals surface area contributed by atoms with E-state index in [1.165, 1.54) is 0 Å². The van der Waals surface area contributed by atoms with Crippen LogP contribution in [-0.2, 0) is 6.42 Å². The number of benzene rings is 2. The molecule has 0 spiro atoms. The number of carbonyl (C=O) groups excluding carboxylic acids is 1. The summed E-state index contributed by atoms with van der Waals surface area (Å²) in [5.41, 5.74) is 1.72. The van der Waals surface area contributed by atoms with Crippen LogP contribution in [0.5, 0.6) is 11.5 Å². The lowest BCUT2D eigenvalue weighted by atomic mass is 10.0. The zero-order valence-electron chi connectivity index (χ0n) is 17.0. The maximum absolute atomic E-state index is 12.4. The molecule has 0 radical (unpaired) electrons. The minimum atomic E-state index is -0.149. The van der Waals surface area contributed by atoms with E-state index in [1.807, 2.05) is 55.5 Å². The molecule has 0 atom stereocenters. The fraction of sp³-hybridized carbons (Fsp3) is 0.318. The van der Waals surface area contributed by atoms with Crippen LogP contribution in [0, 0.1) is 0 Å². The Bertz CT molecular complexity index is 996. The fourth-order valence-corrected chi connectivity index (χ4v) is 3.33. The molecule has 8 nitrogen and oxygen atoms in total. The van der Waals surface area contributed by atoms with Crippen molar-refractivity contribution in [3.8, 4) is 11.5 Å². The lowest BCUT2D eigenvalue weighted by molar-refractivity contribution is 0.147. The standard InChI is InChI=1S/C22H24N4O4/c1-3-29-18-10-8-17(9-11-18)23-22(27)26-13-16(14-26)21-24-20(25-30-21)12-15-6-4-5-7-19(15)28-2/h4-11,16H,3,12-14H2,1-2H3,(H,23,27). The van der Waals surface area contributed by atoms with Crippen molar-refractivity contribution in [2.45, 2.75) is 19.3 Å². The number of nitrogens with zero attached hydrogens (tertiary/aromatic N) is 3. The van der Waals surface area contributed by atoms with Gasteiger partial charge in [0.15, 0.2) is 5.82 Å². The maximum Gasteiger partial charge on any atom is 0.321 e. The molecule has 0 saturated carbocycles. The van der Waals surface area contributed by atoms with Gasteiger partial charge in [0.25, 0.3) is 0 Å².